The highest BCUT2D eigenvalue weighted by Gasteiger charge is 2.82. The summed E-state index contributed by atoms with van der Waals surface area (Å²) in [5.74, 6) is -3.16. The fourth-order valence-electron chi connectivity index (χ4n) is 8.20. The molecule has 46 heavy (non-hydrogen) atoms. The number of nitrogens with zero attached hydrogens (tertiary/aromatic N) is 1. The van der Waals surface area contributed by atoms with Crippen molar-refractivity contribution >= 4 is 69.2 Å². The molecule has 2 amide bonds. The zero-order valence-electron chi connectivity index (χ0n) is 24.2. The van der Waals surface area contributed by atoms with Gasteiger partial charge in [-0.15, -0.1) is 0 Å². The molecule has 1 saturated heterocycles. The molecule has 8 rings (SSSR count). The maximum Gasteiger partial charge on any atom is 0.239 e. The first-order valence-electron chi connectivity index (χ1n) is 14.9. The minimum Gasteiger partial charge on any atom is -0.297 e. The summed E-state index contributed by atoms with van der Waals surface area (Å²) in [6, 6.07) is 40.2. The number of amides is 2. The summed E-state index contributed by atoms with van der Waals surface area (Å²) in [6.07, 6.45) is 0. The van der Waals surface area contributed by atoms with Crippen molar-refractivity contribution in [2.24, 2.45) is 11.8 Å². The van der Waals surface area contributed by atoms with Crippen molar-refractivity contribution in [2.75, 3.05) is 4.90 Å². The van der Waals surface area contributed by atoms with E-state index in [1.165, 1.54) is 4.90 Å². The van der Waals surface area contributed by atoms with Crippen molar-refractivity contribution in [2.45, 2.75) is 10.8 Å². The van der Waals surface area contributed by atoms with Crippen LogP contribution in [0.5, 0.6) is 0 Å². The monoisotopic (exact) mass is 659 g/mol. The van der Waals surface area contributed by atoms with Gasteiger partial charge in [-0.25, -0.2) is 4.90 Å². The molecule has 2 fully saturated rings. The Labute approximate surface area is 280 Å². The summed E-state index contributed by atoms with van der Waals surface area (Å²) >= 11 is 19.0. The molecule has 224 valence electrons. The fraction of sp³-hybridized carbons (Fsp3) is 0.103. The SMILES string of the molecule is O=C1[C@H]2[C@H](C(=O)N1c1ccc(Cl)cc1)[C@]1(c3ccc(Cl)cc3)C(=O)[C@@]2(c2ccc(Cl)cc2)C(c2ccccc2)=C1c1ccccc1. The predicted octanol–water partition coefficient (Wildman–Crippen LogP) is 8.84. The Bertz CT molecular complexity index is 1950. The molecule has 1 saturated carbocycles. The van der Waals surface area contributed by atoms with Crippen LogP contribution in [0.2, 0.25) is 15.1 Å². The second-order valence-corrected chi connectivity index (χ2v) is 13.2. The van der Waals surface area contributed by atoms with E-state index in [9.17, 15) is 9.59 Å². The fourth-order valence-corrected chi connectivity index (χ4v) is 8.58. The third kappa shape index (κ3) is 3.72. The Morgan fingerprint density at radius 1 is 0.457 bits per heavy atom. The van der Waals surface area contributed by atoms with Gasteiger partial charge in [-0.2, -0.15) is 0 Å². The molecular formula is C39H24Cl3NO3. The van der Waals surface area contributed by atoms with Gasteiger partial charge in [0, 0.05) is 15.1 Å². The van der Waals surface area contributed by atoms with Gasteiger partial charge in [0.1, 0.15) is 0 Å². The van der Waals surface area contributed by atoms with E-state index in [1.807, 2.05) is 84.9 Å². The number of carbonyl (C=O) groups is 3. The van der Waals surface area contributed by atoms with E-state index >= 15 is 4.79 Å². The van der Waals surface area contributed by atoms with Crippen molar-refractivity contribution in [3.05, 3.63) is 171 Å². The molecule has 0 unspecified atom stereocenters. The Morgan fingerprint density at radius 2 is 0.804 bits per heavy atom. The van der Waals surface area contributed by atoms with Gasteiger partial charge in [0.25, 0.3) is 0 Å². The molecule has 0 radical (unpaired) electrons. The molecule has 3 aliphatic rings. The largest absolute Gasteiger partial charge is 0.297 e. The quantitative estimate of drug-likeness (QED) is 0.177. The molecule has 2 aliphatic carbocycles. The first-order chi connectivity index (χ1) is 22.3. The summed E-state index contributed by atoms with van der Waals surface area (Å²) < 4.78 is 0. The van der Waals surface area contributed by atoms with Gasteiger partial charge >= 0.3 is 0 Å². The number of hydrogen-bond acceptors (Lipinski definition) is 3. The lowest BCUT2D eigenvalue weighted by Crippen LogP contribution is -2.45. The summed E-state index contributed by atoms with van der Waals surface area (Å²) in [5.41, 5.74) is 1.59. The predicted molar refractivity (Wildman–Crippen MR) is 182 cm³/mol. The maximum atomic E-state index is 15.9. The van der Waals surface area contributed by atoms with Crippen LogP contribution in [0, 0.1) is 11.8 Å². The normalized spacial score (nSPS) is 25.0. The Hall–Kier alpha value is -4.48. The van der Waals surface area contributed by atoms with E-state index < -0.39 is 34.5 Å². The van der Waals surface area contributed by atoms with Gasteiger partial charge < -0.3 is 0 Å². The van der Waals surface area contributed by atoms with Crippen LogP contribution in [0.3, 0.4) is 0 Å². The van der Waals surface area contributed by atoms with Crippen LogP contribution in [0.25, 0.3) is 11.1 Å². The molecule has 0 N–H and O–H groups in total. The highest BCUT2D eigenvalue weighted by Crippen LogP contribution is 2.74. The number of ketones is 1. The van der Waals surface area contributed by atoms with Gasteiger partial charge in [-0.1, -0.05) is 120 Å². The van der Waals surface area contributed by atoms with E-state index in [0.29, 0.717) is 43.0 Å². The van der Waals surface area contributed by atoms with Crippen molar-refractivity contribution < 1.29 is 14.4 Å². The molecule has 5 aromatic carbocycles. The molecule has 0 spiro atoms. The zero-order chi connectivity index (χ0) is 31.8. The molecule has 1 aliphatic heterocycles. The van der Waals surface area contributed by atoms with Gasteiger partial charge in [-0.05, 0) is 81.9 Å². The standard InChI is InChI=1S/C39H24Cl3NO3/c40-27-15-11-25(12-16-27)38-31(23-7-3-1-4-8-23)32(24-9-5-2-6-10-24)39(37(38)46,26-13-17-28(41)18-14-26)34-33(38)35(44)43(36(34)45)30-21-19-29(42)20-22-30/h1-22,33-34H/t33-,34-,38-,39+/m1/s1. The Kier molecular flexibility index (Phi) is 6.63. The van der Waals surface area contributed by atoms with Gasteiger partial charge in [-0.3, -0.25) is 14.4 Å². The molecule has 4 atom stereocenters. The van der Waals surface area contributed by atoms with E-state index in [4.69, 9.17) is 34.8 Å². The third-order valence-corrected chi connectivity index (χ3v) is 10.6. The van der Waals surface area contributed by atoms with E-state index in [1.54, 1.807) is 48.5 Å². The number of carbonyl (C=O) groups excluding carboxylic acids is 3. The van der Waals surface area contributed by atoms with Crippen molar-refractivity contribution in [3.63, 3.8) is 0 Å². The smallest absolute Gasteiger partial charge is 0.239 e. The number of imide groups is 1. The van der Waals surface area contributed by atoms with Crippen LogP contribution < -0.4 is 4.90 Å². The average molecular weight is 661 g/mol. The van der Waals surface area contributed by atoms with Crippen molar-refractivity contribution in [3.8, 4) is 0 Å². The van der Waals surface area contributed by atoms with Gasteiger partial charge in [0.2, 0.25) is 11.8 Å². The molecule has 2 bridgehead atoms. The highest BCUT2D eigenvalue weighted by atomic mass is 35.5. The van der Waals surface area contributed by atoms with E-state index in [2.05, 4.69) is 0 Å². The Balaban J connectivity index is 1.56. The topological polar surface area (TPSA) is 54.5 Å². The Morgan fingerprint density at radius 3 is 1.17 bits per heavy atom. The van der Waals surface area contributed by atoms with Crippen LogP contribution in [0.1, 0.15) is 22.3 Å². The number of anilines is 1. The first-order valence-corrected chi connectivity index (χ1v) is 16.0. The summed E-state index contributed by atoms with van der Waals surface area (Å²) in [7, 11) is 0. The van der Waals surface area contributed by atoms with E-state index in [-0.39, 0.29) is 5.78 Å². The molecule has 5 aromatic rings. The molecule has 7 heteroatoms. The van der Waals surface area contributed by atoms with Crippen LogP contribution >= 0.6 is 34.8 Å². The summed E-state index contributed by atoms with van der Waals surface area (Å²) in [5, 5.41) is 1.47. The molecule has 0 aromatic heterocycles. The minimum absolute atomic E-state index is 0.213. The maximum absolute atomic E-state index is 15.9. The van der Waals surface area contributed by atoms with Gasteiger partial charge in [0.05, 0.1) is 28.4 Å². The van der Waals surface area contributed by atoms with Crippen molar-refractivity contribution in [1.82, 2.24) is 0 Å². The van der Waals surface area contributed by atoms with Gasteiger partial charge in [0.15, 0.2) is 5.78 Å². The number of halogens is 3. The average Bonchev–Trinajstić information content (AvgIpc) is 3.58. The second kappa shape index (κ2) is 10.5. The number of allylic oxidation sites excluding steroid dienone is 2. The van der Waals surface area contributed by atoms with Crippen LogP contribution in [0.4, 0.5) is 5.69 Å². The minimum atomic E-state index is -1.52. The van der Waals surface area contributed by atoms with Crippen LogP contribution in [0.15, 0.2) is 133 Å². The summed E-state index contributed by atoms with van der Waals surface area (Å²) in [6.45, 7) is 0. The summed E-state index contributed by atoms with van der Waals surface area (Å²) in [4.78, 5) is 47.1. The number of fused-ring (bicyclic) bond motifs is 5. The molecule has 4 nitrogen and oxygen atoms in total. The lowest BCUT2D eigenvalue weighted by molar-refractivity contribution is -0.130. The molecule has 1 heterocycles. The van der Waals surface area contributed by atoms with Crippen LogP contribution in [-0.2, 0) is 25.2 Å². The lowest BCUT2D eigenvalue weighted by atomic mass is 9.59. The number of benzene rings is 5. The number of rotatable bonds is 5. The lowest BCUT2D eigenvalue weighted by Gasteiger charge is -2.39. The third-order valence-electron chi connectivity index (χ3n) is 9.80. The van der Waals surface area contributed by atoms with E-state index in [0.717, 1.165) is 11.1 Å². The highest BCUT2D eigenvalue weighted by molar-refractivity contribution is 6.39. The zero-order valence-corrected chi connectivity index (χ0v) is 26.4. The molecular weight excluding hydrogens is 637 g/mol. The van der Waals surface area contributed by atoms with Crippen LogP contribution in [-0.4, -0.2) is 17.6 Å². The first kappa shape index (κ1) is 29.0. The second-order valence-electron chi connectivity index (χ2n) is 11.9. The van der Waals surface area contributed by atoms with Crippen molar-refractivity contribution in [1.29, 1.82) is 0 Å². The number of hydrogen-bond donors (Lipinski definition) is 0. The number of Topliss-reactive ketones (excluding diaryl/α,β-unsaturated/α-hetero) is 1.